The largest absolute Gasteiger partial charge is 0.414 e. The van der Waals surface area contributed by atoms with Gasteiger partial charge < -0.3 is 14.5 Å². The van der Waals surface area contributed by atoms with Crippen molar-refractivity contribution in [2.75, 3.05) is 32.1 Å². The van der Waals surface area contributed by atoms with Crippen LogP contribution in [0.5, 0.6) is 5.75 Å². The predicted molar refractivity (Wildman–Crippen MR) is 102 cm³/mol. The van der Waals surface area contributed by atoms with Gasteiger partial charge in [0.15, 0.2) is 0 Å². The Bertz CT molecular complexity index is 836. The third-order valence-corrected chi connectivity index (χ3v) is 5.51. The Labute approximate surface area is 154 Å². The number of rotatable bonds is 2. The van der Waals surface area contributed by atoms with E-state index in [-0.39, 0.29) is 12.3 Å². The van der Waals surface area contributed by atoms with Gasteiger partial charge in [0.05, 0.1) is 0 Å². The average Bonchev–Trinajstić information content (AvgIpc) is 2.66. The SMILES string of the molecule is CCN(C)C(=O)Oc1ccc2c(c1)CN1CCc3ccccc3C1N2C. The molecule has 0 spiro atoms. The second-order valence-corrected chi connectivity index (χ2v) is 7.08. The molecule has 0 saturated heterocycles. The van der Waals surface area contributed by atoms with Gasteiger partial charge >= 0.3 is 6.09 Å². The first kappa shape index (κ1) is 16.9. The van der Waals surface area contributed by atoms with Crippen LogP contribution in [-0.2, 0) is 13.0 Å². The summed E-state index contributed by atoms with van der Waals surface area (Å²) in [5, 5.41) is 0. The maximum absolute atomic E-state index is 12.0. The number of ether oxygens (including phenoxy) is 1. The number of nitrogens with zero attached hydrogens (tertiary/aromatic N) is 3. The van der Waals surface area contributed by atoms with Gasteiger partial charge in [-0.2, -0.15) is 0 Å². The van der Waals surface area contributed by atoms with Crippen molar-refractivity contribution in [2.45, 2.75) is 26.1 Å². The number of hydrogen-bond acceptors (Lipinski definition) is 4. The summed E-state index contributed by atoms with van der Waals surface area (Å²) < 4.78 is 5.51. The highest BCUT2D eigenvalue weighted by molar-refractivity contribution is 5.71. The molecule has 1 amide bonds. The number of fused-ring (bicyclic) bond motifs is 4. The van der Waals surface area contributed by atoms with Crippen LogP contribution in [0.1, 0.15) is 29.8 Å². The molecule has 1 atom stereocenters. The maximum Gasteiger partial charge on any atom is 0.414 e. The predicted octanol–water partition coefficient (Wildman–Crippen LogP) is 3.64. The van der Waals surface area contributed by atoms with Crippen LogP contribution in [0.3, 0.4) is 0 Å². The molecule has 0 saturated carbocycles. The van der Waals surface area contributed by atoms with E-state index in [0.717, 1.165) is 19.5 Å². The van der Waals surface area contributed by atoms with Crippen LogP contribution in [-0.4, -0.2) is 43.1 Å². The summed E-state index contributed by atoms with van der Waals surface area (Å²) in [5.41, 5.74) is 5.24. The highest BCUT2D eigenvalue weighted by Gasteiger charge is 2.35. The lowest BCUT2D eigenvalue weighted by molar-refractivity contribution is 0.161. The van der Waals surface area contributed by atoms with E-state index in [9.17, 15) is 4.79 Å². The summed E-state index contributed by atoms with van der Waals surface area (Å²) in [6, 6.07) is 14.7. The number of anilines is 1. The van der Waals surface area contributed by atoms with Crippen molar-refractivity contribution < 1.29 is 9.53 Å². The third kappa shape index (κ3) is 2.82. The van der Waals surface area contributed by atoms with E-state index in [0.29, 0.717) is 12.3 Å². The quantitative estimate of drug-likeness (QED) is 0.828. The topological polar surface area (TPSA) is 36.0 Å². The molecule has 5 heteroatoms. The molecule has 0 aromatic heterocycles. The zero-order valence-electron chi connectivity index (χ0n) is 15.6. The van der Waals surface area contributed by atoms with Crippen LogP contribution in [0, 0.1) is 0 Å². The minimum atomic E-state index is -0.318. The van der Waals surface area contributed by atoms with Gasteiger partial charge in [0.1, 0.15) is 11.9 Å². The Morgan fingerprint density at radius 2 is 2.04 bits per heavy atom. The summed E-state index contributed by atoms with van der Waals surface area (Å²) in [5.74, 6) is 0.610. The van der Waals surface area contributed by atoms with Crippen LogP contribution in [0.25, 0.3) is 0 Å². The summed E-state index contributed by atoms with van der Waals surface area (Å²) in [4.78, 5) is 18.4. The molecule has 0 radical (unpaired) electrons. The zero-order chi connectivity index (χ0) is 18.3. The van der Waals surface area contributed by atoms with Crippen molar-refractivity contribution in [3.05, 3.63) is 59.2 Å². The molecule has 2 aromatic carbocycles. The van der Waals surface area contributed by atoms with Crippen LogP contribution >= 0.6 is 0 Å². The van der Waals surface area contributed by atoms with Crippen molar-refractivity contribution in [3.63, 3.8) is 0 Å². The average molecular weight is 351 g/mol. The molecule has 136 valence electrons. The van der Waals surface area contributed by atoms with Gasteiger partial charge in [-0.25, -0.2) is 4.79 Å². The van der Waals surface area contributed by atoms with E-state index in [2.05, 4.69) is 47.2 Å². The summed E-state index contributed by atoms with van der Waals surface area (Å²) in [6.07, 6.45) is 1.03. The maximum atomic E-state index is 12.0. The highest BCUT2D eigenvalue weighted by Crippen LogP contribution is 2.42. The molecule has 26 heavy (non-hydrogen) atoms. The molecule has 0 bridgehead atoms. The molecular weight excluding hydrogens is 326 g/mol. The third-order valence-electron chi connectivity index (χ3n) is 5.51. The number of hydrogen-bond donors (Lipinski definition) is 0. The van der Waals surface area contributed by atoms with Crippen molar-refractivity contribution in [1.82, 2.24) is 9.80 Å². The van der Waals surface area contributed by atoms with E-state index in [4.69, 9.17) is 4.74 Å². The first-order chi connectivity index (χ1) is 12.6. The van der Waals surface area contributed by atoms with Gasteiger partial charge in [0.2, 0.25) is 0 Å². The molecule has 2 aromatic rings. The zero-order valence-corrected chi connectivity index (χ0v) is 15.6. The number of amides is 1. The molecule has 0 fully saturated rings. The second kappa shape index (κ2) is 6.65. The van der Waals surface area contributed by atoms with Crippen LogP contribution in [0.4, 0.5) is 10.5 Å². The van der Waals surface area contributed by atoms with E-state index >= 15 is 0 Å². The summed E-state index contributed by atoms with van der Waals surface area (Å²) in [7, 11) is 3.89. The van der Waals surface area contributed by atoms with E-state index in [1.165, 1.54) is 22.4 Å². The second-order valence-electron chi connectivity index (χ2n) is 7.08. The van der Waals surface area contributed by atoms with Gasteiger partial charge in [-0.15, -0.1) is 0 Å². The lowest BCUT2D eigenvalue weighted by atomic mass is 9.93. The molecule has 1 unspecified atom stereocenters. The molecule has 2 aliphatic rings. The fourth-order valence-electron chi connectivity index (χ4n) is 3.97. The van der Waals surface area contributed by atoms with Crippen LogP contribution < -0.4 is 9.64 Å². The van der Waals surface area contributed by atoms with E-state index in [1.807, 2.05) is 19.1 Å². The van der Waals surface area contributed by atoms with Crippen LogP contribution in [0.2, 0.25) is 0 Å². The van der Waals surface area contributed by atoms with Gasteiger partial charge in [0.25, 0.3) is 0 Å². The first-order valence-electron chi connectivity index (χ1n) is 9.19. The lowest BCUT2D eigenvalue weighted by Crippen LogP contribution is -2.47. The van der Waals surface area contributed by atoms with E-state index in [1.54, 1.807) is 11.9 Å². The van der Waals surface area contributed by atoms with E-state index < -0.39 is 0 Å². The highest BCUT2D eigenvalue weighted by atomic mass is 16.6. The van der Waals surface area contributed by atoms with Gasteiger partial charge in [-0.1, -0.05) is 24.3 Å². The Balaban J connectivity index is 1.63. The minimum Gasteiger partial charge on any atom is -0.410 e. The molecule has 5 nitrogen and oxygen atoms in total. The number of carbonyl (C=O) groups excluding carboxylic acids is 1. The molecule has 2 heterocycles. The van der Waals surface area contributed by atoms with Crippen molar-refractivity contribution in [1.29, 1.82) is 0 Å². The summed E-state index contributed by atoms with van der Waals surface area (Å²) in [6.45, 7) is 4.46. The number of benzene rings is 2. The standard InChI is InChI=1S/C21H25N3O2/c1-4-22(2)21(25)26-17-9-10-19-16(13-17)14-24-12-11-15-7-5-6-8-18(15)20(24)23(19)3/h5-10,13,20H,4,11-12,14H2,1-3H3. The van der Waals surface area contributed by atoms with Crippen molar-refractivity contribution in [2.24, 2.45) is 0 Å². The summed E-state index contributed by atoms with van der Waals surface area (Å²) >= 11 is 0. The monoisotopic (exact) mass is 351 g/mol. The Morgan fingerprint density at radius 3 is 2.85 bits per heavy atom. The molecule has 0 aliphatic carbocycles. The van der Waals surface area contributed by atoms with Crippen molar-refractivity contribution in [3.8, 4) is 5.75 Å². The Hall–Kier alpha value is -2.53. The van der Waals surface area contributed by atoms with Gasteiger partial charge in [-0.3, -0.25) is 4.90 Å². The fourth-order valence-corrected chi connectivity index (χ4v) is 3.97. The van der Waals surface area contributed by atoms with Crippen LogP contribution in [0.15, 0.2) is 42.5 Å². The molecule has 0 N–H and O–H groups in total. The van der Waals surface area contributed by atoms with Crippen molar-refractivity contribution >= 4 is 11.8 Å². The Kier molecular flexibility index (Phi) is 4.32. The first-order valence-corrected chi connectivity index (χ1v) is 9.19. The fraction of sp³-hybridized carbons (Fsp3) is 0.381. The minimum absolute atomic E-state index is 0.270. The molecule has 4 rings (SSSR count). The lowest BCUT2D eigenvalue weighted by Gasteiger charge is -2.47. The molecular formula is C21H25N3O2. The van der Waals surface area contributed by atoms with Gasteiger partial charge in [0, 0.05) is 39.4 Å². The number of carbonyl (C=O) groups is 1. The molecule has 2 aliphatic heterocycles. The Morgan fingerprint density at radius 1 is 1.23 bits per heavy atom. The smallest absolute Gasteiger partial charge is 0.410 e. The normalized spacial score (nSPS) is 18.6. The van der Waals surface area contributed by atoms with Gasteiger partial charge in [-0.05, 0) is 48.2 Å².